The molecule has 1 aromatic heterocycles. The minimum Gasteiger partial charge on any atom is -0.469 e. The molecule has 0 bridgehead atoms. The van der Waals surface area contributed by atoms with E-state index in [9.17, 15) is 9.18 Å². The van der Waals surface area contributed by atoms with Gasteiger partial charge in [-0.05, 0) is 44.2 Å². The van der Waals surface area contributed by atoms with Crippen LogP contribution in [-0.4, -0.2) is 13.0 Å². The molecular weight excluding hydrogens is 271 g/mol. The van der Waals surface area contributed by atoms with Crippen molar-refractivity contribution in [1.82, 2.24) is 5.32 Å². The Balaban J connectivity index is 2.03. The predicted molar refractivity (Wildman–Crippen MR) is 77.7 cm³/mol. The van der Waals surface area contributed by atoms with Gasteiger partial charge in [-0.1, -0.05) is 0 Å². The molecule has 0 spiro atoms. The zero-order valence-corrected chi connectivity index (χ0v) is 12.0. The van der Waals surface area contributed by atoms with E-state index in [1.165, 1.54) is 6.07 Å². The number of nitrogens with one attached hydrogen (secondary N) is 2. The summed E-state index contributed by atoms with van der Waals surface area (Å²) in [5.74, 6) is 0.385. The number of benzene rings is 1. The molecule has 1 unspecified atom stereocenters. The van der Waals surface area contributed by atoms with E-state index in [0.29, 0.717) is 24.1 Å². The van der Waals surface area contributed by atoms with E-state index in [1.807, 2.05) is 19.1 Å². The lowest BCUT2D eigenvalue weighted by Gasteiger charge is -2.21. The molecular formula is C16H17FN2O2. The second kappa shape index (κ2) is 5.33. The number of aryl methyl sites for hydroxylation is 2. The van der Waals surface area contributed by atoms with Crippen LogP contribution in [0.5, 0.6) is 0 Å². The summed E-state index contributed by atoms with van der Waals surface area (Å²) in [4.78, 5) is 11.4. The molecule has 5 heteroatoms. The fraction of sp³-hybridized carbons (Fsp3) is 0.312. The highest BCUT2D eigenvalue weighted by atomic mass is 19.1. The first-order valence-corrected chi connectivity index (χ1v) is 6.93. The summed E-state index contributed by atoms with van der Waals surface area (Å²) in [6, 6.07) is 4.85. The molecule has 0 aliphatic carbocycles. The van der Waals surface area contributed by atoms with Crippen LogP contribution in [0.1, 0.15) is 34.9 Å². The number of fused-ring (bicyclic) bond motifs is 1. The highest BCUT2D eigenvalue weighted by Crippen LogP contribution is 2.32. The molecule has 21 heavy (non-hydrogen) atoms. The third-order valence-corrected chi connectivity index (χ3v) is 3.80. The van der Waals surface area contributed by atoms with Gasteiger partial charge in [-0.25, -0.2) is 4.39 Å². The molecule has 3 rings (SSSR count). The molecule has 0 radical (unpaired) electrons. The van der Waals surface area contributed by atoms with Crippen molar-refractivity contribution < 1.29 is 13.6 Å². The van der Waals surface area contributed by atoms with Gasteiger partial charge in [-0.3, -0.25) is 4.79 Å². The fourth-order valence-electron chi connectivity index (χ4n) is 2.76. The lowest BCUT2D eigenvalue weighted by atomic mass is 9.94. The lowest BCUT2D eigenvalue weighted by Crippen LogP contribution is -2.22. The van der Waals surface area contributed by atoms with Gasteiger partial charge >= 0.3 is 0 Å². The number of carbonyl (C=O) groups is 1. The summed E-state index contributed by atoms with van der Waals surface area (Å²) in [7, 11) is 1.79. The maximum absolute atomic E-state index is 14.4. The number of hydrogen-bond acceptors (Lipinski definition) is 3. The number of amides is 1. The molecule has 110 valence electrons. The highest BCUT2D eigenvalue weighted by Gasteiger charge is 2.23. The summed E-state index contributed by atoms with van der Waals surface area (Å²) in [6.07, 6.45) is 2.71. The normalized spacial score (nSPS) is 15.5. The van der Waals surface area contributed by atoms with Crippen LogP contribution in [-0.2, 0) is 11.2 Å². The first-order chi connectivity index (χ1) is 10.1. The van der Waals surface area contributed by atoms with Crippen molar-refractivity contribution in [3.05, 3.63) is 52.7 Å². The Morgan fingerprint density at radius 3 is 2.81 bits per heavy atom. The monoisotopic (exact) mass is 288 g/mol. The van der Waals surface area contributed by atoms with Crippen molar-refractivity contribution in [3.63, 3.8) is 0 Å². The van der Waals surface area contributed by atoms with Crippen LogP contribution in [0, 0.1) is 12.7 Å². The quantitative estimate of drug-likeness (QED) is 0.913. The van der Waals surface area contributed by atoms with Crippen LogP contribution in [0.4, 0.5) is 10.1 Å². The molecule has 2 heterocycles. The van der Waals surface area contributed by atoms with E-state index < -0.39 is 0 Å². The Morgan fingerprint density at radius 2 is 2.14 bits per heavy atom. The van der Waals surface area contributed by atoms with Crippen molar-refractivity contribution in [1.29, 1.82) is 0 Å². The Bertz CT molecular complexity index is 694. The third kappa shape index (κ3) is 2.56. The summed E-state index contributed by atoms with van der Waals surface area (Å²) in [5.41, 5.74) is 2.99. The summed E-state index contributed by atoms with van der Waals surface area (Å²) < 4.78 is 19.7. The fourth-order valence-corrected chi connectivity index (χ4v) is 2.76. The number of carbonyl (C=O) groups excluding carboxylic acids is 1. The molecule has 0 fully saturated rings. The molecule has 1 atom stereocenters. The molecule has 1 amide bonds. The Hall–Kier alpha value is -2.14. The van der Waals surface area contributed by atoms with Gasteiger partial charge < -0.3 is 15.1 Å². The van der Waals surface area contributed by atoms with E-state index in [4.69, 9.17) is 4.42 Å². The van der Waals surface area contributed by atoms with Gasteiger partial charge in [-0.15, -0.1) is 0 Å². The van der Waals surface area contributed by atoms with E-state index >= 15 is 0 Å². The topological polar surface area (TPSA) is 54.3 Å². The van der Waals surface area contributed by atoms with Gasteiger partial charge in [0.05, 0.1) is 12.3 Å². The Labute approximate surface area is 122 Å². The maximum atomic E-state index is 14.4. The van der Waals surface area contributed by atoms with Crippen LogP contribution >= 0.6 is 0 Å². The highest BCUT2D eigenvalue weighted by molar-refractivity contribution is 5.93. The van der Waals surface area contributed by atoms with Gasteiger partial charge in [0.15, 0.2) is 0 Å². The predicted octanol–water partition coefficient (Wildman–Crippen LogP) is 2.92. The molecule has 1 aliphatic rings. The van der Waals surface area contributed by atoms with E-state index in [2.05, 4.69) is 10.6 Å². The van der Waals surface area contributed by atoms with Crippen molar-refractivity contribution in [2.45, 2.75) is 25.8 Å². The number of hydrogen-bond donors (Lipinski definition) is 2. The number of rotatable bonds is 3. The largest absolute Gasteiger partial charge is 0.469 e. The van der Waals surface area contributed by atoms with Crippen LogP contribution < -0.4 is 10.6 Å². The molecule has 2 aromatic rings. The third-order valence-electron chi connectivity index (χ3n) is 3.80. The average Bonchev–Trinajstić information content (AvgIpc) is 2.87. The first-order valence-electron chi connectivity index (χ1n) is 6.93. The van der Waals surface area contributed by atoms with Gasteiger partial charge in [0, 0.05) is 23.2 Å². The first kappa shape index (κ1) is 13.8. The van der Waals surface area contributed by atoms with E-state index in [1.54, 1.807) is 13.3 Å². The van der Waals surface area contributed by atoms with Gasteiger partial charge in [-0.2, -0.15) is 0 Å². The van der Waals surface area contributed by atoms with E-state index in [-0.39, 0.29) is 17.8 Å². The maximum Gasteiger partial charge on any atom is 0.224 e. The summed E-state index contributed by atoms with van der Waals surface area (Å²) in [5, 5.41) is 5.83. The zero-order valence-electron chi connectivity index (χ0n) is 12.0. The smallest absolute Gasteiger partial charge is 0.224 e. The van der Waals surface area contributed by atoms with Gasteiger partial charge in [0.2, 0.25) is 5.91 Å². The SMILES string of the molecule is CNC(c1coc(C)c1)c1cc2c(cc1F)NC(=O)CC2. The van der Waals surface area contributed by atoms with Crippen LogP contribution in [0.3, 0.4) is 0 Å². The Morgan fingerprint density at radius 1 is 1.33 bits per heavy atom. The number of anilines is 1. The van der Waals surface area contributed by atoms with Crippen molar-refractivity contribution in [2.24, 2.45) is 0 Å². The second-order valence-electron chi connectivity index (χ2n) is 5.29. The van der Waals surface area contributed by atoms with Crippen molar-refractivity contribution in [2.75, 3.05) is 12.4 Å². The average molecular weight is 288 g/mol. The second-order valence-corrected chi connectivity index (χ2v) is 5.29. The minimum atomic E-state index is -0.339. The molecule has 2 N–H and O–H groups in total. The van der Waals surface area contributed by atoms with Crippen LogP contribution in [0.25, 0.3) is 0 Å². The zero-order chi connectivity index (χ0) is 15.0. The van der Waals surface area contributed by atoms with Crippen LogP contribution in [0.15, 0.2) is 28.9 Å². The summed E-state index contributed by atoms with van der Waals surface area (Å²) in [6.45, 7) is 1.86. The number of halogens is 1. The van der Waals surface area contributed by atoms with Crippen molar-refractivity contribution in [3.8, 4) is 0 Å². The van der Waals surface area contributed by atoms with Gasteiger partial charge in [0.1, 0.15) is 11.6 Å². The standard InChI is InChI=1S/C16H17FN2O2/c1-9-5-11(8-21-9)16(18-2)12-6-10-3-4-15(20)19-14(10)7-13(12)17/h5-8,16,18H,3-4H2,1-2H3,(H,19,20). The van der Waals surface area contributed by atoms with Crippen LogP contribution in [0.2, 0.25) is 0 Å². The molecule has 4 nitrogen and oxygen atoms in total. The minimum absolute atomic E-state index is 0.0646. The molecule has 1 aliphatic heterocycles. The van der Waals surface area contributed by atoms with Gasteiger partial charge in [0.25, 0.3) is 0 Å². The molecule has 0 saturated carbocycles. The van der Waals surface area contributed by atoms with Crippen molar-refractivity contribution >= 4 is 11.6 Å². The number of furan rings is 1. The lowest BCUT2D eigenvalue weighted by molar-refractivity contribution is -0.116. The summed E-state index contributed by atoms with van der Waals surface area (Å²) >= 11 is 0. The molecule has 1 aromatic carbocycles. The Kier molecular flexibility index (Phi) is 3.51. The molecule has 0 saturated heterocycles. The van der Waals surface area contributed by atoms with E-state index in [0.717, 1.165) is 16.9 Å².